The molecule has 0 spiro atoms. The second-order valence-electron chi connectivity index (χ2n) is 9.81. The first-order valence-corrected chi connectivity index (χ1v) is 11.9. The summed E-state index contributed by atoms with van der Waals surface area (Å²) in [4.78, 5) is 4.62. The molecule has 0 aliphatic rings. The van der Waals surface area contributed by atoms with E-state index in [4.69, 9.17) is 0 Å². The van der Waals surface area contributed by atoms with Crippen LogP contribution in [0.5, 0.6) is 0 Å². The minimum Gasteiger partial charge on any atom is -0.386 e. The van der Waals surface area contributed by atoms with Crippen molar-refractivity contribution in [3.63, 3.8) is 0 Å². The third-order valence-corrected chi connectivity index (χ3v) is 6.14. The number of imidazole rings is 1. The number of aryl methyl sites for hydroxylation is 1. The molecule has 1 atom stereocenters. The molecule has 4 aromatic rings. The molecule has 180 valence electrons. The summed E-state index contributed by atoms with van der Waals surface area (Å²) < 4.78 is 2.03. The fourth-order valence-corrected chi connectivity index (χ4v) is 4.16. The normalized spacial score (nSPS) is 12.5. The molecule has 0 amide bonds. The van der Waals surface area contributed by atoms with Crippen LogP contribution >= 0.6 is 0 Å². The molecule has 2 aromatic heterocycles. The van der Waals surface area contributed by atoms with Gasteiger partial charge in [-0.3, -0.25) is 0 Å². The predicted octanol–water partition coefficient (Wildman–Crippen LogP) is 5.07. The maximum atomic E-state index is 11.1. The summed E-state index contributed by atoms with van der Waals surface area (Å²) >= 11 is 0. The molecule has 0 fully saturated rings. The summed E-state index contributed by atoms with van der Waals surface area (Å²) in [7, 11) is 0. The maximum Gasteiger partial charge on any atom is 0.205 e. The third-order valence-electron chi connectivity index (χ3n) is 6.14. The zero-order valence-corrected chi connectivity index (χ0v) is 20.7. The lowest BCUT2D eigenvalue weighted by Gasteiger charge is -2.27. The molecule has 0 aliphatic heterocycles. The lowest BCUT2D eigenvalue weighted by atomic mass is 9.86. The minimum absolute atomic E-state index is 0.309. The van der Waals surface area contributed by atoms with Gasteiger partial charge in [-0.2, -0.15) is 10.5 Å². The Bertz CT molecular complexity index is 1310. The quantitative estimate of drug-likeness (QED) is 0.372. The van der Waals surface area contributed by atoms with Crippen molar-refractivity contribution in [2.24, 2.45) is 5.41 Å². The van der Waals surface area contributed by atoms with Gasteiger partial charge in [0, 0.05) is 18.5 Å². The lowest BCUT2D eigenvalue weighted by Crippen LogP contribution is -2.23. The van der Waals surface area contributed by atoms with Gasteiger partial charge in [-0.25, -0.2) is 4.98 Å². The smallest absolute Gasteiger partial charge is 0.205 e. The maximum absolute atomic E-state index is 11.1. The van der Waals surface area contributed by atoms with Crippen molar-refractivity contribution < 1.29 is 5.11 Å². The van der Waals surface area contributed by atoms with E-state index in [1.54, 1.807) is 0 Å². The molecule has 8 heteroatoms. The Morgan fingerprint density at radius 3 is 2.40 bits per heavy atom. The van der Waals surface area contributed by atoms with E-state index in [0.717, 1.165) is 47.3 Å². The van der Waals surface area contributed by atoms with Crippen molar-refractivity contribution in [1.29, 1.82) is 5.26 Å². The molecule has 2 heterocycles. The van der Waals surface area contributed by atoms with E-state index in [2.05, 4.69) is 62.9 Å². The van der Waals surface area contributed by atoms with E-state index in [9.17, 15) is 10.4 Å². The second kappa shape index (κ2) is 10.2. The van der Waals surface area contributed by atoms with Gasteiger partial charge in [-0.1, -0.05) is 82.6 Å². The van der Waals surface area contributed by atoms with Crippen molar-refractivity contribution in [1.82, 2.24) is 30.2 Å². The number of benzene rings is 2. The highest BCUT2D eigenvalue weighted by molar-refractivity contribution is 5.80. The number of nitrogens with one attached hydrogen (secondary N) is 1. The Balaban J connectivity index is 1.70. The van der Waals surface area contributed by atoms with Crippen LogP contribution in [0.3, 0.4) is 0 Å². The van der Waals surface area contributed by atoms with E-state index < -0.39 is 11.5 Å². The highest BCUT2D eigenvalue weighted by Gasteiger charge is 2.31. The van der Waals surface area contributed by atoms with Gasteiger partial charge < -0.3 is 9.67 Å². The van der Waals surface area contributed by atoms with Crippen molar-refractivity contribution in [2.45, 2.75) is 59.6 Å². The minimum atomic E-state index is -0.805. The number of unbranched alkanes of at least 4 members (excludes halogenated alkanes) is 1. The molecule has 35 heavy (non-hydrogen) atoms. The van der Waals surface area contributed by atoms with Gasteiger partial charge in [-0.15, -0.1) is 10.2 Å². The van der Waals surface area contributed by atoms with Gasteiger partial charge in [0.15, 0.2) is 5.69 Å². The van der Waals surface area contributed by atoms with E-state index in [1.165, 1.54) is 0 Å². The van der Waals surface area contributed by atoms with Gasteiger partial charge in [-0.05, 0) is 33.7 Å². The van der Waals surface area contributed by atoms with E-state index in [0.29, 0.717) is 23.8 Å². The number of nitriles is 1. The number of aromatic nitrogens is 6. The van der Waals surface area contributed by atoms with Crippen LogP contribution in [0.2, 0.25) is 0 Å². The van der Waals surface area contributed by atoms with Crippen LogP contribution in [-0.2, 0) is 13.0 Å². The summed E-state index contributed by atoms with van der Waals surface area (Å²) in [6, 6.07) is 18.5. The predicted molar refractivity (Wildman–Crippen MR) is 134 cm³/mol. The van der Waals surface area contributed by atoms with Crippen LogP contribution < -0.4 is 0 Å². The number of hydrogen-bond acceptors (Lipinski definition) is 6. The highest BCUT2D eigenvalue weighted by atomic mass is 16.3. The number of tetrazole rings is 1. The molecule has 0 radical (unpaired) electrons. The van der Waals surface area contributed by atoms with E-state index in [-0.39, 0.29) is 0 Å². The van der Waals surface area contributed by atoms with Crippen molar-refractivity contribution >= 4 is 0 Å². The SMILES string of the molecule is CCCCc1nc(C#N)c(C(O)C(C)(C)C)n1Cc1ccc(-c2ccccc2-c2nn[nH]n2)cc1. The Labute approximate surface area is 205 Å². The summed E-state index contributed by atoms with van der Waals surface area (Å²) in [6.45, 7) is 8.57. The second-order valence-corrected chi connectivity index (χ2v) is 9.81. The zero-order valence-electron chi connectivity index (χ0n) is 20.7. The zero-order chi connectivity index (χ0) is 25.0. The molecular formula is C27H31N7O. The van der Waals surface area contributed by atoms with Gasteiger partial charge >= 0.3 is 0 Å². The summed E-state index contributed by atoms with van der Waals surface area (Å²) in [5, 5.41) is 35.4. The first kappa shape index (κ1) is 24.3. The first-order valence-electron chi connectivity index (χ1n) is 11.9. The first-order chi connectivity index (χ1) is 16.8. The van der Waals surface area contributed by atoms with Gasteiger partial charge in [0.1, 0.15) is 18.0 Å². The molecule has 0 saturated carbocycles. The molecule has 2 aromatic carbocycles. The van der Waals surface area contributed by atoms with Crippen LogP contribution in [0.1, 0.15) is 69.4 Å². The van der Waals surface area contributed by atoms with E-state index >= 15 is 0 Å². The Kier molecular flexibility index (Phi) is 7.08. The monoisotopic (exact) mass is 469 g/mol. The fraction of sp³-hybridized carbons (Fsp3) is 0.370. The number of nitrogens with zero attached hydrogens (tertiary/aromatic N) is 6. The van der Waals surface area contributed by atoms with Crippen molar-refractivity contribution in [3.8, 4) is 28.6 Å². The largest absolute Gasteiger partial charge is 0.386 e. The number of aliphatic hydroxyl groups is 1. The number of aromatic amines is 1. The summed E-state index contributed by atoms with van der Waals surface area (Å²) in [5.74, 6) is 1.39. The van der Waals surface area contributed by atoms with Crippen LogP contribution in [0.25, 0.3) is 22.5 Å². The summed E-state index contributed by atoms with van der Waals surface area (Å²) in [6.07, 6.45) is 1.96. The fourth-order valence-electron chi connectivity index (χ4n) is 4.16. The van der Waals surface area contributed by atoms with E-state index in [1.807, 2.05) is 49.6 Å². The molecule has 0 saturated heterocycles. The van der Waals surface area contributed by atoms with Crippen molar-refractivity contribution in [2.75, 3.05) is 0 Å². The molecule has 2 N–H and O–H groups in total. The Hall–Kier alpha value is -3.83. The number of rotatable bonds is 8. The van der Waals surface area contributed by atoms with Crippen LogP contribution in [0.15, 0.2) is 48.5 Å². The highest BCUT2D eigenvalue weighted by Crippen LogP contribution is 2.36. The van der Waals surface area contributed by atoms with Gasteiger partial charge in [0.2, 0.25) is 5.82 Å². The van der Waals surface area contributed by atoms with Gasteiger partial charge in [0.05, 0.1) is 5.69 Å². The average molecular weight is 470 g/mol. The number of H-pyrrole nitrogens is 1. The average Bonchev–Trinajstić information content (AvgIpc) is 3.50. The standard InChI is InChI=1S/C27H31N7O/c1-5-6-11-23-29-22(16-28)24(25(35)27(2,3)4)34(23)17-18-12-14-19(15-13-18)20-9-7-8-10-21(20)26-30-32-33-31-26/h7-10,12-15,25,35H,5-6,11,17H2,1-4H3,(H,30,31,32,33). The molecule has 8 nitrogen and oxygen atoms in total. The third kappa shape index (κ3) is 5.15. The molecule has 0 bridgehead atoms. The van der Waals surface area contributed by atoms with Gasteiger partial charge in [0.25, 0.3) is 0 Å². The molecule has 1 unspecified atom stereocenters. The van der Waals surface area contributed by atoms with Crippen LogP contribution in [-0.4, -0.2) is 35.3 Å². The Morgan fingerprint density at radius 2 is 1.80 bits per heavy atom. The topological polar surface area (TPSA) is 116 Å². The van der Waals surface area contributed by atoms with Crippen LogP contribution in [0, 0.1) is 16.7 Å². The Morgan fingerprint density at radius 1 is 1.09 bits per heavy atom. The summed E-state index contributed by atoms with van der Waals surface area (Å²) in [5.41, 5.74) is 4.50. The molecule has 0 aliphatic carbocycles. The van der Waals surface area contributed by atoms with Crippen molar-refractivity contribution in [3.05, 3.63) is 71.3 Å². The number of hydrogen-bond donors (Lipinski definition) is 2. The molecule has 4 rings (SSSR count). The van der Waals surface area contributed by atoms with Crippen LogP contribution in [0.4, 0.5) is 0 Å². The molecular weight excluding hydrogens is 438 g/mol. The lowest BCUT2D eigenvalue weighted by molar-refractivity contribution is 0.0555. The number of aliphatic hydroxyl groups excluding tert-OH is 1.